The molecule has 2 nitrogen and oxygen atoms in total. The fraction of sp³-hybridized carbons (Fsp3) is 0.889. The van der Waals surface area contributed by atoms with Crippen LogP contribution in [0.25, 0.3) is 0 Å². The molecule has 0 bridgehead atoms. The van der Waals surface area contributed by atoms with Crippen molar-refractivity contribution < 1.29 is 9.53 Å². The molecule has 1 atom stereocenters. The molecule has 0 spiro atoms. The molecule has 0 saturated heterocycles. The number of aldehydes is 1. The van der Waals surface area contributed by atoms with Crippen LogP contribution >= 0.6 is 0 Å². The molecule has 0 aliphatic rings. The Kier molecular flexibility index (Phi) is 7.47. The lowest BCUT2D eigenvalue weighted by Crippen LogP contribution is -2.05. The molecular formula is C9H18O2. The van der Waals surface area contributed by atoms with Crippen molar-refractivity contribution >= 4 is 6.29 Å². The number of carbonyl (C=O) groups excluding carboxylic acids is 1. The lowest BCUT2D eigenvalue weighted by molar-refractivity contribution is -0.111. The number of rotatable bonds is 7. The average Bonchev–Trinajstić information content (AvgIpc) is 2.05. The standard InChI is InChI=1S/C9H18O2/c1-3-4-5-9(8-10)6-7-11-2/h8-9H,3-7H2,1-2H3/t9-/m1/s1. The number of ether oxygens (including phenoxy) is 1. The van der Waals surface area contributed by atoms with Crippen LogP contribution < -0.4 is 0 Å². The molecule has 0 heterocycles. The molecule has 0 unspecified atom stereocenters. The second kappa shape index (κ2) is 7.73. The fourth-order valence-corrected chi connectivity index (χ4v) is 1.02. The summed E-state index contributed by atoms with van der Waals surface area (Å²) in [5.74, 6) is 0.218. The number of unbranched alkanes of at least 4 members (excludes halogenated alkanes) is 1. The lowest BCUT2D eigenvalue weighted by atomic mass is 10.0. The van der Waals surface area contributed by atoms with E-state index in [0.717, 1.165) is 32.0 Å². The zero-order valence-electron chi connectivity index (χ0n) is 7.51. The Morgan fingerprint density at radius 2 is 2.18 bits per heavy atom. The Morgan fingerprint density at radius 3 is 2.64 bits per heavy atom. The molecule has 11 heavy (non-hydrogen) atoms. The SMILES string of the molecule is CCCC[C@@H](C=O)CCOC. The molecule has 66 valence electrons. The zero-order valence-corrected chi connectivity index (χ0v) is 7.51. The maximum atomic E-state index is 10.5. The second-order valence-electron chi connectivity index (χ2n) is 2.82. The van der Waals surface area contributed by atoms with Gasteiger partial charge in [-0.3, -0.25) is 0 Å². The topological polar surface area (TPSA) is 26.3 Å². The van der Waals surface area contributed by atoms with Crippen LogP contribution in [0, 0.1) is 5.92 Å². The van der Waals surface area contributed by atoms with E-state index in [4.69, 9.17) is 4.74 Å². The van der Waals surface area contributed by atoms with E-state index in [0.29, 0.717) is 6.61 Å². The van der Waals surface area contributed by atoms with E-state index in [1.807, 2.05) is 0 Å². The van der Waals surface area contributed by atoms with Crippen molar-refractivity contribution in [2.24, 2.45) is 5.92 Å². The Bertz CT molecular complexity index is 83.6. The molecular weight excluding hydrogens is 140 g/mol. The molecule has 0 aromatic carbocycles. The molecule has 0 radical (unpaired) electrons. The summed E-state index contributed by atoms with van der Waals surface area (Å²) in [6.45, 7) is 2.84. The Hall–Kier alpha value is -0.370. The van der Waals surface area contributed by atoms with Crippen molar-refractivity contribution in [1.82, 2.24) is 0 Å². The van der Waals surface area contributed by atoms with E-state index in [2.05, 4.69) is 6.92 Å². The highest BCUT2D eigenvalue weighted by Gasteiger charge is 2.04. The summed E-state index contributed by atoms with van der Waals surface area (Å²) < 4.78 is 4.90. The third kappa shape index (κ3) is 6.05. The summed E-state index contributed by atoms with van der Waals surface area (Å²) in [5, 5.41) is 0. The van der Waals surface area contributed by atoms with Crippen molar-refractivity contribution in [1.29, 1.82) is 0 Å². The van der Waals surface area contributed by atoms with E-state index in [1.54, 1.807) is 7.11 Å². The van der Waals surface area contributed by atoms with Gasteiger partial charge in [0.1, 0.15) is 6.29 Å². The van der Waals surface area contributed by atoms with E-state index < -0.39 is 0 Å². The number of hydrogen-bond donors (Lipinski definition) is 0. The first-order valence-corrected chi connectivity index (χ1v) is 4.29. The van der Waals surface area contributed by atoms with Gasteiger partial charge in [-0.15, -0.1) is 0 Å². The monoisotopic (exact) mass is 158 g/mol. The fourth-order valence-electron chi connectivity index (χ4n) is 1.02. The van der Waals surface area contributed by atoms with Crippen LogP contribution in [0.5, 0.6) is 0 Å². The first-order chi connectivity index (χ1) is 5.35. The minimum absolute atomic E-state index is 0.218. The van der Waals surface area contributed by atoms with Crippen molar-refractivity contribution in [2.45, 2.75) is 32.6 Å². The van der Waals surface area contributed by atoms with Gasteiger partial charge in [0, 0.05) is 19.6 Å². The van der Waals surface area contributed by atoms with Crippen molar-refractivity contribution in [3.63, 3.8) is 0 Å². The normalized spacial score (nSPS) is 12.9. The Labute approximate surface area is 68.9 Å². The summed E-state index contributed by atoms with van der Waals surface area (Å²) in [6, 6.07) is 0. The van der Waals surface area contributed by atoms with Gasteiger partial charge in [-0.05, 0) is 12.8 Å². The van der Waals surface area contributed by atoms with E-state index in [1.165, 1.54) is 0 Å². The molecule has 0 fully saturated rings. The summed E-state index contributed by atoms with van der Waals surface area (Å²) in [6.07, 6.45) is 5.25. The molecule has 0 amide bonds. The zero-order chi connectivity index (χ0) is 8.53. The third-order valence-electron chi connectivity index (χ3n) is 1.81. The lowest BCUT2D eigenvalue weighted by Gasteiger charge is -2.07. The van der Waals surface area contributed by atoms with Crippen molar-refractivity contribution in [3.8, 4) is 0 Å². The van der Waals surface area contributed by atoms with Gasteiger partial charge in [-0.1, -0.05) is 19.8 Å². The van der Waals surface area contributed by atoms with Gasteiger partial charge in [0.15, 0.2) is 0 Å². The summed E-state index contributed by atoms with van der Waals surface area (Å²) in [7, 11) is 1.67. The molecule has 0 rings (SSSR count). The minimum atomic E-state index is 0.218. The van der Waals surface area contributed by atoms with Crippen LogP contribution in [0.2, 0.25) is 0 Å². The second-order valence-corrected chi connectivity index (χ2v) is 2.82. The van der Waals surface area contributed by atoms with Gasteiger partial charge in [0.05, 0.1) is 0 Å². The van der Waals surface area contributed by atoms with Crippen LogP contribution in [0.1, 0.15) is 32.6 Å². The molecule has 0 aromatic rings. The highest BCUT2D eigenvalue weighted by Crippen LogP contribution is 2.09. The van der Waals surface area contributed by atoms with E-state index in [9.17, 15) is 4.79 Å². The van der Waals surface area contributed by atoms with E-state index >= 15 is 0 Å². The van der Waals surface area contributed by atoms with Gasteiger partial charge in [-0.2, -0.15) is 0 Å². The average molecular weight is 158 g/mol. The van der Waals surface area contributed by atoms with Gasteiger partial charge in [-0.25, -0.2) is 0 Å². The number of carbonyl (C=O) groups is 1. The van der Waals surface area contributed by atoms with Crippen LogP contribution in [-0.4, -0.2) is 20.0 Å². The maximum absolute atomic E-state index is 10.5. The predicted octanol–water partition coefficient (Wildman–Crippen LogP) is 2.03. The maximum Gasteiger partial charge on any atom is 0.123 e. The van der Waals surface area contributed by atoms with Gasteiger partial charge in [0.2, 0.25) is 0 Å². The van der Waals surface area contributed by atoms with Gasteiger partial charge < -0.3 is 9.53 Å². The number of methoxy groups -OCH3 is 1. The Balaban J connectivity index is 3.33. The van der Waals surface area contributed by atoms with Crippen molar-refractivity contribution in [3.05, 3.63) is 0 Å². The highest BCUT2D eigenvalue weighted by atomic mass is 16.5. The highest BCUT2D eigenvalue weighted by molar-refractivity contribution is 5.53. The van der Waals surface area contributed by atoms with Crippen LogP contribution in [-0.2, 0) is 9.53 Å². The molecule has 0 N–H and O–H groups in total. The van der Waals surface area contributed by atoms with Crippen LogP contribution in [0.4, 0.5) is 0 Å². The van der Waals surface area contributed by atoms with E-state index in [-0.39, 0.29) is 5.92 Å². The van der Waals surface area contributed by atoms with Crippen LogP contribution in [0.3, 0.4) is 0 Å². The third-order valence-corrected chi connectivity index (χ3v) is 1.81. The van der Waals surface area contributed by atoms with Gasteiger partial charge in [0.25, 0.3) is 0 Å². The Morgan fingerprint density at radius 1 is 1.45 bits per heavy atom. The van der Waals surface area contributed by atoms with Gasteiger partial charge >= 0.3 is 0 Å². The molecule has 0 aliphatic carbocycles. The number of hydrogen-bond acceptors (Lipinski definition) is 2. The van der Waals surface area contributed by atoms with Crippen molar-refractivity contribution in [2.75, 3.05) is 13.7 Å². The molecule has 0 saturated carbocycles. The first-order valence-electron chi connectivity index (χ1n) is 4.29. The predicted molar refractivity (Wildman–Crippen MR) is 45.6 cm³/mol. The molecule has 2 heteroatoms. The first kappa shape index (κ1) is 10.6. The quantitative estimate of drug-likeness (QED) is 0.530. The smallest absolute Gasteiger partial charge is 0.123 e. The largest absolute Gasteiger partial charge is 0.385 e. The van der Waals surface area contributed by atoms with Crippen LogP contribution in [0.15, 0.2) is 0 Å². The minimum Gasteiger partial charge on any atom is -0.385 e. The molecule has 0 aliphatic heterocycles. The molecule has 0 aromatic heterocycles. The summed E-state index contributed by atoms with van der Waals surface area (Å²) in [5.41, 5.74) is 0. The summed E-state index contributed by atoms with van der Waals surface area (Å²) in [4.78, 5) is 10.5. The summed E-state index contributed by atoms with van der Waals surface area (Å²) >= 11 is 0.